The van der Waals surface area contributed by atoms with Crippen LogP contribution in [0.2, 0.25) is 0 Å². The fourth-order valence-corrected chi connectivity index (χ4v) is 4.27. The average molecular weight is 395 g/mol. The van der Waals surface area contributed by atoms with Crippen LogP contribution in [-0.4, -0.2) is 24.3 Å². The van der Waals surface area contributed by atoms with Crippen LogP contribution < -0.4 is 5.32 Å². The van der Waals surface area contributed by atoms with Crippen molar-refractivity contribution in [1.29, 1.82) is 0 Å². The number of aryl methyl sites for hydroxylation is 1. The van der Waals surface area contributed by atoms with Crippen molar-refractivity contribution in [2.75, 3.05) is 11.9 Å². The third kappa shape index (κ3) is 3.79. The van der Waals surface area contributed by atoms with E-state index in [1.165, 1.54) is 12.1 Å². The number of carbonyl (C=O) groups is 3. The molecule has 6 heteroatoms. The van der Waals surface area contributed by atoms with Crippen molar-refractivity contribution in [3.8, 4) is 0 Å². The molecule has 1 heterocycles. The molecule has 5 nitrogen and oxygen atoms in total. The Morgan fingerprint density at radius 1 is 1.03 bits per heavy atom. The number of halogens is 1. The van der Waals surface area contributed by atoms with Gasteiger partial charge in [0.05, 0.1) is 5.41 Å². The SMILES string of the molecule is O=C1CCc2cc(C(=O)COC(=O)C3(c4ccc(F)cc4)CCCC3)ccc2N1. The zero-order chi connectivity index (χ0) is 20.4. The highest BCUT2D eigenvalue weighted by Gasteiger charge is 2.44. The van der Waals surface area contributed by atoms with Gasteiger partial charge in [0, 0.05) is 17.7 Å². The van der Waals surface area contributed by atoms with Crippen LogP contribution in [0.1, 0.15) is 53.6 Å². The number of ether oxygens (including phenoxy) is 1. The van der Waals surface area contributed by atoms with Gasteiger partial charge in [0.1, 0.15) is 5.82 Å². The lowest BCUT2D eigenvalue weighted by molar-refractivity contribution is -0.149. The van der Waals surface area contributed by atoms with Gasteiger partial charge in [-0.3, -0.25) is 14.4 Å². The molecule has 0 radical (unpaired) electrons. The normalized spacial score (nSPS) is 17.3. The molecule has 1 N–H and O–H groups in total. The second kappa shape index (κ2) is 7.78. The van der Waals surface area contributed by atoms with Crippen molar-refractivity contribution in [3.63, 3.8) is 0 Å². The first-order valence-electron chi connectivity index (χ1n) is 9.87. The van der Waals surface area contributed by atoms with E-state index in [4.69, 9.17) is 4.74 Å². The minimum atomic E-state index is -0.811. The lowest BCUT2D eigenvalue weighted by Crippen LogP contribution is -2.35. The van der Waals surface area contributed by atoms with Gasteiger partial charge in [-0.1, -0.05) is 25.0 Å². The van der Waals surface area contributed by atoms with E-state index in [2.05, 4.69) is 5.32 Å². The average Bonchev–Trinajstić information content (AvgIpc) is 3.23. The Kier molecular flexibility index (Phi) is 5.18. The van der Waals surface area contributed by atoms with Crippen LogP contribution in [0.15, 0.2) is 42.5 Å². The molecule has 0 atom stereocenters. The molecule has 1 amide bonds. The van der Waals surface area contributed by atoms with E-state index >= 15 is 0 Å². The highest BCUT2D eigenvalue weighted by molar-refractivity contribution is 6.00. The highest BCUT2D eigenvalue weighted by atomic mass is 19.1. The zero-order valence-corrected chi connectivity index (χ0v) is 16.0. The van der Waals surface area contributed by atoms with Gasteiger partial charge in [-0.05, 0) is 60.7 Å². The van der Waals surface area contributed by atoms with Gasteiger partial charge in [0.2, 0.25) is 5.91 Å². The first-order chi connectivity index (χ1) is 14.0. The monoisotopic (exact) mass is 395 g/mol. The third-order valence-electron chi connectivity index (χ3n) is 5.90. The van der Waals surface area contributed by atoms with E-state index in [-0.39, 0.29) is 24.1 Å². The molecular formula is C23H22FNO4. The van der Waals surface area contributed by atoms with Crippen LogP contribution in [0, 0.1) is 5.82 Å². The zero-order valence-electron chi connectivity index (χ0n) is 16.0. The minimum Gasteiger partial charge on any atom is -0.457 e. The van der Waals surface area contributed by atoms with Crippen molar-refractivity contribution < 1.29 is 23.5 Å². The van der Waals surface area contributed by atoms with Crippen molar-refractivity contribution in [2.45, 2.75) is 43.9 Å². The van der Waals surface area contributed by atoms with E-state index < -0.39 is 11.4 Å². The number of hydrogen-bond donors (Lipinski definition) is 1. The standard InChI is InChI=1S/C23H22FNO4/c24-18-7-5-17(6-8-18)23(11-1-2-12-23)22(28)29-14-20(26)16-3-9-19-15(13-16)4-10-21(27)25-19/h3,5-9,13H,1-2,4,10-12,14H2,(H,25,27). The smallest absolute Gasteiger partial charge is 0.317 e. The molecule has 1 aliphatic heterocycles. The molecule has 150 valence electrons. The molecule has 29 heavy (non-hydrogen) atoms. The van der Waals surface area contributed by atoms with Gasteiger partial charge in [-0.2, -0.15) is 0 Å². The van der Waals surface area contributed by atoms with E-state index in [0.29, 0.717) is 31.2 Å². The number of rotatable bonds is 5. The minimum absolute atomic E-state index is 0.0341. The summed E-state index contributed by atoms with van der Waals surface area (Å²) < 4.78 is 18.7. The number of carbonyl (C=O) groups excluding carboxylic acids is 3. The number of esters is 1. The van der Waals surface area contributed by atoms with Crippen molar-refractivity contribution in [1.82, 2.24) is 0 Å². The summed E-state index contributed by atoms with van der Waals surface area (Å²) in [5.41, 5.74) is 2.00. The van der Waals surface area contributed by atoms with Crippen LogP contribution in [-0.2, 0) is 26.2 Å². The fraction of sp³-hybridized carbons (Fsp3) is 0.348. The number of fused-ring (bicyclic) bond motifs is 1. The lowest BCUT2D eigenvalue weighted by Gasteiger charge is -2.27. The summed E-state index contributed by atoms with van der Waals surface area (Å²) in [6.07, 6.45) is 4.00. The van der Waals surface area contributed by atoms with Crippen LogP contribution in [0.4, 0.5) is 10.1 Å². The molecule has 1 aliphatic carbocycles. The van der Waals surface area contributed by atoms with Crippen LogP contribution in [0.5, 0.6) is 0 Å². The molecule has 1 saturated carbocycles. The second-order valence-electron chi connectivity index (χ2n) is 7.72. The summed E-state index contributed by atoms with van der Waals surface area (Å²) in [4.78, 5) is 37.0. The molecule has 2 aromatic carbocycles. The van der Waals surface area contributed by atoms with Gasteiger partial charge < -0.3 is 10.1 Å². The quantitative estimate of drug-likeness (QED) is 0.615. The summed E-state index contributed by atoms with van der Waals surface area (Å²) in [7, 11) is 0. The van der Waals surface area contributed by atoms with Gasteiger partial charge in [-0.25, -0.2) is 4.39 Å². The predicted molar refractivity (Wildman–Crippen MR) is 105 cm³/mol. The summed E-state index contributed by atoms with van der Waals surface area (Å²) in [5.74, 6) is -1.10. The van der Waals surface area contributed by atoms with Gasteiger partial charge >= 0.3 is 5.97 Å². The molecule has 0 bridgehead atoms. The number of benzene rings is 2. The van der Waals surface area contributed by atoms with Gasteiger partial charge in [0.15, 0.2) is 12.4 Å². The number of nitrogens with one attached hydrogen (secondary N) is 1. The number of amides is 1. The Hall–Kier alpha value is -3.02. The Morgan fingerprint density at radius 3 is 2.48 bits per heavy atom. The molecule has 2 aliphatic rings. The predicted octanol–water partition coefficient (Wildman–Crippen LogP) is 3.95. The molecule has 4 rings (SSSR count). The molecule has 0 spiro atoms. The van der Waals surface area contributed by atoms with Crippen LogP contribution in [0.25, 0.3) is 0 Å². The summed E-state index contributed by atoms with van der Waals surface area (Å²) in [6.45, 7) is -0.340. The second-order valence-corrected chi connectivity index (χ2v) is 7.72. The van der Waals surface area contributed by atoms with Gasteiger partial charge in [-0.15, -0.1) is 0 Å². The summed E-state index contributed by atoms with van der Waals surface area (Å²) in [5, 5.41) is 2.78. The maximum atomic E-state index is 13.3. The number of Topliss-reactive ketones (excluding diaryl/α,β-unsaturated/α-hetero) is 1. The summed E-state index contributed by atoms with van der Waals surface area (Å²) >= 11 is 0. The highest BCUT2D eigenvalue weighted by Crippen LogP contribution is 2.42. The molecule has 0 aromatic heterocycles. The van der Waals surface area contributed by atoms with E-state index in [1.807, 2.05) is 0 Å². The molecule has 0 saturated heterocycles. The molecule has 2 aromatic rings. The fourth-order valence-electron chi connectivity index (χ4n) is 4.27. The van der Waals surface area contributed by atoms with E-state index in [1.54, 1.807) is 30.3 Å². The van der Waals surface area contributed by atoms with Crippen molar-refractivity contribution in [3.05, 3.63) is 65.0 Å². The number of ketones is 1. The van der Waals surface area contributed by atoms with E-state index in [0.717, 1.165) is 29.7 Å². The first-order valence-corrected chi connectivity index (χ1v) is 9.87. The summed E-state index contributed by atoms with van der Waals surface area (Å²) in [6, 6.07) is 11.0. The largest absolute Gasteiger partial charge is 0.457 e. The maximum absolute atomic E-state index is 13.3. The van der Waals surface area contributed by atoms with Crippen molar-refractivity contribution >= 4 is 23.3 Å². The number of hydrogen-bond acceptors (Lipinski definition) is 4. The number of anilines is 1. The van der Waals surface area contributed by atoms with Crippen molar-refractivity contribution in [2.24, 2.45) is 0 Å². The van der Waals surface area contributed by atoms with E-state index in [9.17, 15) is 18.8 Å². The molecular weight excluding hydrogens is 373 g/mol. The molecule has 1 fully saturated rings. The topological polar surface area (TPSA) is 72.5 Å². The Labute approximate surface area is 168 Å². The van der Waals surface area contributed by atoms with Crippen LogP contribution >= 0.6 is 0 Å². The Balaban J connectivity index is 1.46. The maximum Gasteiger partial charge on any atom is 0.317 e. The van der Waals surface area contributed by atoms with Crippen LogP contribution in [0.3, 0.4) is 0 Å². The Morgan fingerprint density at radius 2 is 1.76 bits per heavy atom. The Bertz CT molecular complexity index is 961. The third-order valence-corrected chi connectivity index (χ3v) is 5.90. The first kappa shape index (κ1) is 19.3. The lowest BCUT2D eigenvalue weighted by atomic mass is 9.79. The molecule has 0 unspecified atom stereocenters. The van der Waals surface area contributed by atoms with Gasteiger partial charge in [0.25, 0.3) is 0 Å².